The van der Waals surface area contributed by atoms with Gasteiger partial charge >= 0.3 is 18.9 Å². The number of hydrogen-bond donors (Lipinski definition) is 0. The van der Waals surface area contributed by atoms with Gasteiger partial charge < -0.3 is 6.42 Å². The maximum absolute atomic E-state index is 2.40. The van der Waals surface area contributed by atoms with Gasteiger partial charge in [0.05, 0.1) is 0 Å². The van der Waals surface area contributed by atoms with Gasteiger partial charge in [-0.25, -0.2) is 0 Å². The van der Waals surface area contributed by atoms with Gasteiger partial charge in [0, 0.05) is 0 Å². The van der Waals surface area contributed by atoms with Crippen LogP contribution in [-0.2, 0) is 0 Å². The fraction of sp³-hybridized carbons (Fsp3) is 0.444. The first kappa shape index (κ1) is 8.18. The third-order valence-electron chi connectivity index (χ3n) is 2.26. The molecule has 0 aromatic rings. The Labute approximate surface area is 74.6 Å². The summed E-state index contributed by atoms with van der Waals surface area (Å²) in [7, 11) is 0. The van der Waals surface area contributed by atoms with Crippen LogP contribution in [0, 0.1) is 18.3 Å². The van der Waals surface area contributed by atoms with Crippen LogP contribution in [-0.4, -0.2) is 0 Å². The molecule has 1 fully saturated rings. The molecule has 0 spiro atoms. The number of hydrogen-bond acceptors (Lipinski definition) is 0. The Kier molecular flexibility index (Phi) is 2.83. The largest absolute Gasteiger partial charge is 1.00 e. The van der Waals surface area contributed by atoms with Crippen molar-refractivity contribution in [3.8, 4) is 0 Å². The van der Waals surface area contributed by atoms with E-state index in [1.165, 1.54) is 12.8 Å². The molecule has 0 aromatic heterocycles. The number of rotatable bonds is 0. The average Bonchev–Trinajstić information content (AvgIpc) is 2.33. The summed E-state index contributed by atoms with van der Waals surface area (Å²) in [6.07, 6.45) is 14.0. The summed E-state index contributed by atoms with van der Waals surface area (Å²) in [5.41, 5.74) is 0. The van der Waals surface area contributed by atoms with Crippen molar-refractivity contribution in [2.24, 2.45) is 11.8 Å². The Balaban J connectivity index is 0.000000500. The fourth-order valence-corrected chi connectivity index (χ4v) is 1.69. The van der Waals surface area contributed by atoms with E-state index in [1.807, 2.05) is 0 Å². The summed E-state index contributed by atoms with van der Waals surface area (Å²) in [4.78, 5) is 0. The molecule has 10 heavy (non-hydrogen) atoms. The van der Waals surface area contributed by atoms with E-state index in [1.54, 1.807) is 0 Å². The predicted octanol–water partition coefficient (Wildman–Crippen LogP) is -0.653. The maximum Gasteiger partial charge on any atom is 1.00 e. The van der Waals surface area contributed by atoms with E-state index in [-0.39, 0.29) is 18.9 Å². The molecule has 0 aliphatic heterocycles. The van der Waals surface area contributed by atoms with Crippen LogP contribution in [0.5, 0.6) is 0 Å². The standard InChI is InChI=1S/C9H11.Li/c1-2-5-9-7-3-6-8(9)4-1;/h1-5,8-9H,6-7H2;/q-1;+1. The first-order valence-electron chi connectivity index (χ1n) is 3.63. The zero-order valence-electron chi connectivity index (χ0n) is 6.46. The van der Waals surface area contributed by atoms with Crippen molar-refractivity contribution in [1.29, 1.82) is 0 Å². The smallest absolute Gasteiger partial charge is 0.327 e. The Bertz CT molecular complexity index is 140. The minimum atomic E-state index is 0. The number of fused-ring (bicyclic) bond motifs is 1. The van der Waals surface area contributed by atoms with Crippen LogP contribution in [0.1, 0.15) is 12.8 Å². The van der Waals surface area contributed by atoms with Gasteiger partial charge in [0.1, 0.15) is 0 Å². The molecule has 2 aliphatic rings. The van der Waals surface area contributed by atoms with E-state index in [0.29, 0.717) is 0 Å². The first-order chi connectivity index (χ1) is 4.47. The van der Waals surface area contributed by atoms with Crippen molar-refractivity contribution in [2.45, 2.75) is 12.8 Å². The van der Waals surface area contributed by atoms with Crippen molar-refractivity contribution in [1.82, 2.24) is 0 Å². The molecule has 0 amide bonds. The topological polar surface area (TPSA) is 0 Å². The maximum atomic E-state index is 2.40. The molecule has 0 aromatic carbocycles. The molecule has 0 bridgehead atoms. The van der Waals surface area contributed by atoms with Crippen LogP contribution in [0.4, 0.5) is 0 Å². The van der Waals surface area contributed by atoms with Crippen LogP contribution in [0.25, 0.3) is 0 Å². The molecular weight excluding hydrogens is 115 g/mol. The molecule has 2 unspecified atom stereocenters. The Hall–Kier alpha value is 0.0774. The van der Waals surface area contributed by atoms with Gasteiger partial charge in [-0.2, -0.15) is 12.8 Å². The molecule has 0 radical (unpaired) electrons. The normalized spacial score (nSPS) is 35.2. The summed E-state index contributed by atoms with van der Waals surface area (Å²) >= 11 is 0. The second-order valence-corrected chi connectivity index (χ2v) is 2.86. The van der Waals surface area contributed by atoms with E-state index in [4.69, 9.17) is 0 Å². The summed E-state index contributed by atoms with van der Waals surface area (Å²) in [6, 6.07) is 0. The molecule has 2 aliphatic carbocycles. The Morgan fingerprint density at radius 1 is 1.00 bits per heavy atom. The Morgan fingerprint density at radius 3 is 2.00 bits per heavy atom. The minimum Gasteiger partial charge on any atom is -0.327 e. The van der Waals surface area contributed by atoms with Crippen molar-refractivity contribution in [3.63, 3.8) is 0 Å². The second-order valence-electron chi connectivity index (χ2n) is 2.86. The van der Waals surface area contributed by atoms with Gasteiger partial charge in [0.15, 0.2) is 0 Å². The van der Waals surface area contributed by atoms with Crippen molar-refractivity contribution < 1.29 is 18.9 Å². The predicted molar refractivity (Wildman–Crippen MR) is 38.8 cm³/mol. The third-order valence-corrected chi connectivity index (χ3v) is 2.26. The van der Waals surface area contributed by atoms with Crippen molar-refractivity contribution >= 4 is 0 Å². The van der Waals surface area contributed by atoms with Gasteiger partial charge in [0.2, 0.25) is 0 Å². The van der Waals surface area contributed by atoms with Crippen LogP contribution < -0.4 is 18.9 Å². The molecule has 0 nitrogen and oxygen atoms in total. The molecular formula is C9H11Li. The summed E-state index contributed by atoms with van der Waals surface area (Å²) < 4.78 is 0. The monoisotopic (exact) mass is 126 g/mol. The molecule has 0 N–H and O–H groups in total. The zero-order chi connectivity index (χ0) is 6.10. The van der Waals surface area contributed by atoms with Gasteiger partial charge in [-0.15, -0.1) is 0 Å². The van der Waals surface area contributed by atoms with E-state index in [0.717, 1.165) is 11.8 Å². The van der Waals surface area contributed by atoms with E-state index < -0.39 is 0 Å². The van der Waals surface area contributed by atoms with Gasteiger partial charge in [-0.05, 0) is 11.8 Å². The molecule has 0 heterocycles. The molecule has 48 valence electrons. The van der Waals surface area contributed by atoms with Crippen molar-refractivity contribution in [2.75, 3.05) is 0 Å². The SMILES string of the molecule is C1=CC2C[CH-]CC2C=C1.[Li+]. The van der Waals surface area contributed by atoms with E-state index in [2.05, 4.69) is 30.7 Å². The molecule has 1 saturated carbocycles. The second kappa shape index (κ2) is 3.46. The molecule has 0 saturated heterocycles. The zero-order valence-corrected chi connectivity index (χ0v) is 6.46. The fourth-order valence-electron chi connectivity index (χ4n) is 1.69. The van der Waals surface area contributed by atoms with Gasteiger partial charge in [-0.1, -0.05) is 24.3 Å². The summed E-state index contributed by atoms with van der Waals surface area (Å²) in [5.74, 6) is 1.69. The van der Waals surface area contributed by atoms with Crippen LogP contribution >= 0.6 is 0 Å². The average molecular weight is 126 g/mol. The number of allylic oxidation sites excluding steroid dienone is 4. The van der Waals surface area contributed by atoms with E-state index >= 15 is 0 Å². The summed E-state index contributed by atoms with van der Waals surface area (Å²) in [6.45, 7) is 0. The van der Waals surface area contributed by atoms with Crippen LogP contribution in [0.2, 0.25) is 0 Å². The molecule has 2 atom stereocenters. The van der Waals surface area contributed by atoms with Crippen LogP contribution in [0.3, 0.4) is 0 Å². The van der Waals surface area contributed by atoms with Crippen LogP contribution in [0.15, 0.2) is 24.3 Å². The Morgan fingerprint density at radius 2 is 1.50 bits per heavy atom. The van der Waals surface area contributed by atoms with Gasteiger partial charge in [-0.3, -0.25) is 0 Å². The third kappa shape index (κ3) is 1.39. The van der Waals surface area contributed by atoms with Crippen molar-refractivity contribution in [3.05, 3.63) is 30.7 Å². The first-order valence-corrected chi connectivity index (χ1v) is 3.63. The minimum absolute atomic E-state index is 0. The van der Waals surface area contributed by atoms with E-state index in [9.17, 15) is 0 Å². The summed E-state index contributed by atoms with van der Waals surface area (Å²) in [5, 5.41) is 0. The molecule has 2 rings (SSSR count). The quantitative estimate of drug-likeness (QED) is 0.299. The molecule has 1 heteroatoms. The van der Waals surface area contributed by atoms with Gasteiger partial charge in [0.25, 0.3) is 0 Å².